The largest absolute Gasteiger partial charge is 3.00 e. The summed E-state index contributed by atoms with van der Waals surface area (Å²) >= 11 is 0. The van der Waals surface area contributed by atoms with Gasteiger partial charge in [0.2, 0.25) is 0 Å². The standard InChI is InChI=1S/Al.Li.Mg.2O4Si.Zn/c;;;2*1-5(2,3)4;/q+3;+1;+2;2*-4;+2. The molecule has 0 aliphatic heterocycles. The van der Waals surface area contributed by atoms with E-state index in [-0.39, 0.29) is 78.8 Å². The van der Waals surface area contributed by atoms with Crippen molar-refractivity contribution < 1.29 is 76.7 Å². The summed E-state index contributed by atoms with van der Waals surface area (Å²) < 4.78 is 0. The quantitative estimate of drug-likeness (QED) is 0.394. The molecule has 0 N–H and O–H groups in total. The molecule has 0 fully saturated rings. The molecule has 0 atom stereocenters. The van der Waals surface area contributed by atoms with Crippen LogP contribution in [0.25, 0.3) is 0 Å². The molecule has 0 unspecified atom stereocenters. The third-order valence-corrected chi connectivity index (χ3v) is 0. The van der Waals surface area contributed by atoms with Crippen molar-refractivity contribution in [2.75, 3.05) is 0 Å². The van der Waals surface area contributed by atoms with Gasteiger partial charge in [0.1, 0.15) is 0 Å². The van der Waals surface area contributed by atoms with Gasteiger partial charge >= 0.3 is 78.8 Å². The van der Waals surface area contributed by atoms with Crippen LogP contribution in [0.1, 0.15) is 0 Å². The molecule has 0 heterocycles. The average molecular weight is 308 g/mol. The fourth-order valence-electron chi connectivity index (χ4n) is 0. The Bertz CT molecular complexity index is 70.3. The molecule has 0 saturated carbocycles. The monoisotopic (exact) mass is 306 g/mol. The second-order valence-electron chi connectivity index (χ2n) is 1.00. The van der Waals surface area contributed by atoms with Gasteiger partial charge in [0.25, 0.3) is 0 Å². The van der Waals surface area contributed by atoms with Crippen LogP contribution in [-0.4, -0.2) is 58.5 Å². The van der Waals surface area contributed by atoms with E-state index in [2.05, 4.69) is 0 Å². The Morgan fingerprint density at radius 3 is 0.571 bits per heavy atom. The Balaban J connectivity index is -0.0000000178. The van der Waals surface area contributed by atoms with E-state index in [1.54, 1.807) is 0 Å². The molecule has 0 spiro atoms. The van der Waals surface area contributed by atoms with Crippen LogP contribution in [0.3, 0.4) is 0 Å². The summed E-state index contributed by atoms with van der Waals surface area (Å²) in [7, 11) is -11.2. The van der Waals surface area contributed by atoms with E-state index >= 15 is 0 Å². The van der Waals surface area contributed by atoms with Crippen LogP contribution in [0.15, 0.2) is 0 Å². The van der Waals surface area contributed by atoms with Crippen LogP contribution in [0.5, 0.6) is 0 Å². The number of rotatable bonds is 0. The molecule has 0 amide bonds. The van der Waals surface area contributed by atoms with Gasteiger partial charge in [-0.3, -0.25) is 0 Å². The minimum Gasteiger partial charge on any atom is -0.894 e. The maximum absolute atomic E-state index is 8.58. The molecule has 0 aliphatic rings. The fourth-order valence-corrected chi connectivity index (χ4v) is 0. The number of hydrogen-bond donors (Lipinski definition) is 0. The summed E-state index contributed by atoms with van der Waals surface area (Å²) in [5.74, 6) is 0. The minimum absolute atomic E-state index is 0. The van der Waals surface area contributed by atoms with Gasteiger partial charge in [-0.15, -0.1) is 0 Å². The van der Waals surface area contributed by atoms with Gasteiger partial charge in [-0.05, 0) is 0 Å². The van der Waals surface area contributed by atoms with E-state index in [4.69, 9.17) is 38.4 Å². The van der Waals surface area contributed by atoms with Crippen molar-refractivity contribution in [1.82, 2.24) is 0 Å². The van der Waals surface area contributed by atoms with Crippen LogP contribution in [-0.2, 0) is 19.5 Å². The van der Waals surface area contributed by atoms with Crippen LogP contribution < -0.4 is 57.2 Å². The molecule has 0 radical (unpaired) electrons. The zero-order valence-corrected chi connectivity index (χ0v) is 14.8. The van der Waals surface area contributed by atoms with Gasteiger partial charge in [0.05, 0.1) is 0 Å². The van der Waals surface area contributed by atoms with E-state index in [0.717, 1.165) is 0 Å². The molecule has 8 nitrogen and oxygen atoms in total. The van der Waals surface area contributed by atoms with Gasteiger partial charge in [-0.1, -0.05) is 0 Å². The van der Waals surface area contributed by atoms with Gasteiger partial charge in [-0.2, -0.15) is 0 Å². The van der Waals surface area contributed by atoms with Crippen molar-refractivity contribution in [3.63, 3.8) is 0 Å². The van der Waals surface area contributed by atoms with Crippen LogP contribution in [0, 0.1) is 0 Å². The summed E-state index contributed by atoms with van der Waals surface area (Å²) in [5, 5.41) is 0. The maximum atomic E-state index is 8.58. The maximum Gasteiger partial charge on any atom is 3.00 e. The summed E-state index contributed by atoms with van der Waals surface area (Å²) in [4.78, 5) is 68.6. The van der Waals surface area contributed by atoms with Crippen molar-refractivity contribution in [2.45, 2.75) is 0 Å². The van der Waals surface area contributed by atoms with E-state index < -0.39 is 18.1 Å². The zero-order valence-electron chi connectivity index (χ0n) is 7.26. The molecule has 0 aromatic carbocycles. The molecule has 0 saturated heterocycles. The molecule has 0 aromatic rings. The molecule has 0 aliphatic carbocycles. The first kappa shape index (κ1) is 36.0. The molecule has 0 aromatic heterocycles. The summed E-state index contributed by atoms with van der Waals surface area (Å²) in [6, 6.07) is 0. The molecular formula is AlLiMgO8Si2Zn. The van der Waals surface area contributed by atoms with Gasteiger partial charge in [0.15, 0.2) is 0 Å². The van der Waals surface area contributed by atoms with Crippen molar-refractivity contribution in [3.8, 4) is 0 Å². The first-order chi connectivity index (χ1) is 4.00. The minimum atomic E-state index is -5.61. The van der Waals surface area contributed by atoms with Crippen molar-refractivity contribution in [2.24, 2.45) is 0 Å². The average Bonchev–Trinajstić information content (AvgIpc) is 1.12. The third-order valence-electron chi connectivity index (χ3n) is 0. The zero-order chi connectivity index (χ0) is 9.00. The molecule has 64 valence electrons. The second kappa shape index (κ2) is 15.6. The van der Waals surface area contributed by atoms with Gasteiger partial charge in [0, 0.05) is 0 Å². The van der Waals surface area contributed by atoms with E-state index in [0.29, 0.717) is 0 Å². The van der Waals surface area contributed by atoms with Gasteiger partial charge in [-0.25, -0.2) is 0 Å². The normalized spacial score (nSPS) is 8.57. The Hall–Kier alpha value is 2.63. The van der Waals surface area contributed by atoms with Gasteiger partial charge < -0.3 is 56.5 Å². The summed E-state index contributed by atoms with van der Waals surface area (Å²) in [5.41, 5.74) is 0. The molecule has 14 heavy (non-hydrogen) atoms. The first-order valence-corrected chi connectivity index (χ1v) is 4.90. The SMILES string of the molecule is [Al+3].[Li+].[Mg+2].[O-][Si]([O-])([O-])[O-].[O-][Si]([O-])([O-])[O-].[Zn+2]. The predicted molar refractivity (Wildman–Crippen MR) is 23.0 cm³/mol. The Morgan fingerprint density at radius 2 is 0.571 bits per heavy atom. The Morgan fingerprint density at radius 1 is 0.571 bits per heavy atom. The van der Waals surface area contributed by atoms with Crippen molar-refractivity contribution >= 4 is 58.5 Å². The Kier molecular flexibility index (Phi) is 40.1. The fraction of sp³-hybridized carbons (Fsp3) is 0. The van der Waals surface area contributed by atoms with E-state index in [9.17, 15) is 0 Å². The van der Waals surface area contributed by atoms with Crippen molar-refractivity contribution in [3.05, 3.63) is 0 Å². The smallest absolute Gasteiger partial charge is 0.894 e. The van der Waals surface area contributed by atoms with E-state index in [1.165, 1.54) is 0 Å². The molecule has 0 rings (SSSR count). The molecule has 0 bridgehead atoms. The summed E-state index contributed by atoms with van der Waals surface area (Å²) in [6.45, 7) is 0. The molecular weight excluding hydrogens is 308 g/mol. The predicted octanol–water partition coefficient (Wildman–Crippen LogP) is -14.0. The summed E-state index contributed by atoms with van der Waals surface area (Å²) in [6.07, 6.45) is 0. The molecule has 14 heteroatoms. The van der Waals surface area contributed by atoms with Crippen molar-refractivity contribution in [1.29, 1.82) is 0 Å². The number of hydrogen-bond acceptors (Lipinski definition) is 8. The van der Waals surface area contributed by atoms with E-state index in [1.807, 2.05) is 0 Å². The second-order valence-corrected chi connectivity index (χ2v) is 3.00. The van der Waals surface area contributed by atoms with Crippen LogP contribution in [0.2, 0.25) is 0 Å². The van der Waals surface area contributed by atoms with Crippen LogP contribution in [0.4, 0.5) is 0 Å². The topological polar surface area (TPSA) is 184 Å². The third kappa shape index (κ3) is 392. The first-order valence-electron chi connectivity index (χ1n) is 1.63. The Labute approximate surface area is 134 Å². The van der Waals surface area contributed by atoms with Crippen LogP contribution >= 0.6 is 0 Å².